The molecule has 3 rings (SSSR count). The van der Waals surface area contributed by atoms with E-state index >= 15 is 0 Å². The molecule has 1 aliphatic heterocycles. The van der Waals surface area contributed by atoms with Gasteiger partial charge in [0.15, 0.2) is 0 Å². The molecule has 4 nitrogen and oxygen atoms in total. The maximum atomic E-state index is 12.1. The summed E-state index contributed by atoms with van der Waals surface area (Å²) in [6.07, 6.45) is 4.29. The van der Waals surface area contributed by atoms with Crippen molar-refractivity contribution in [2.75, 3.05) is 18.0 Å². The number of anilines is 1. The summed E-state index contributed by atoms with van der Waals surface area (Å²) in [4.78, 5) is 17.4. The van der Waals surface area contributed by atoms with Crippen molar-refractivity contribution in [3.8, 4) is 0 Å². The molecule has 1 aromatic carbocycles. The molecule has 2 heterocycles. The first kappa shape index (κ1) is 13.7. The number of nitrogens with one attached hydrogen (secondary N) is 2. The minimum absolute atomic E-state index is 0.0108. The third kappa shape index (κ3) is 3.10. The molecule has 0 aliphatic carbocycles. The van der Waals surface area contributed by atoms with Gasteiger partial charge >= 0.3 is 0 Å². The van der Waals surface area contributed by atoms with Crippen LogP contribution in [0.25, 0.3) is 0 Å². The second kappa shape index (κ2) is 6.04. The van der Waals surface area contributed by atoms with E-state index < -0.39 is 0 Å². The maximum absolute atomic E-state index is 12.1. The quantitative estimate of drug-likeness (QED) is 0.905. The minimum atomic E-state index is -0.0703. The number of H-pyrrole nitrogens is 1. The fourth-order valence-electron chi connectivity index (χ4n) is 2.80. The molecule has 2 aromatic rings. The van der Waals surface area contributed by atoms with Gasteiger partial charge in [-0.25, -0.2) is 0 Å². The van der Waals surface area contributed by atoms with E-state index in [0.29, 0.717) is 5.69 Å². The monoisotopic (exact) mass is 283 g/mol. The van der Waals surface area contributed by atoms with E-state index in [-0.39, 0.29) is 11.9 Å². The lowest BCUT2D eigenvalue weighted by Crippen LogP contribution is -2.27. The second-order valence-corrected chi connectivity index (χ2v) is 5.57. The molecule has 1 saturated heterocycles. The van der Waals surface area contributed by atoms with E-state index in [1.165, 1.54) is 18.5 Å². The number of amides is 1. The fraction of sp³-hybridized carbons (Fsp3) is 0.353. The van der Waals surface area contributed by atoms with Gasteiger partial charge in [0.05, 0.1) is 6.04 Å². The Morgan fingerprint density at radius 3 is 2.76 bits per heavy atom. The zero-order valence-electron chi connectivity index (χ0n) is 12.3. The average molecular weight is 283 g/mol. The molecule has 1 amide bonds. The van der Waals surface area contributed by atoms with Gasteiger partial charge < -0.3 is 15.2 Å². The van der Waals surface area contributed by atoms with Crippen molar-refractivity contribution >= 4 is 11.6 Å². The first-order valence-corrected chi connectivity index (χ1v) is 7.53. The summed E-state index contributed by atoms with van der Waals surface area (Å²) >= 11 is 0. The van der Waals surface area contributed by atoms with E-state index in [0.717, 1.165) is 18.7 Å². The highest BCUT2D eigenvalue weighted by molar-refractivity contribution is 5.92. The number of carbonyl (C=O) groups excluding carboxylic acids is 1. The van der Waals surface area contributed by atoms with Gasteiger partial charge in [0, 0.05) is 25.0 Å². The normalized spacial score (nSPS) is 16.0. The van der Waals surface area contributed by atoms with Gasteiger partial charge in [-0.05, 0) is 49.6 Å². The van der Waals surface area contributed by atoms with Crippen molar-refractivity contribution in [3.05, 3.63) is 53.9 Å². The van der Waals surface area contributed by atoms with Crippen LogP contribution in [-0.2, 0) is 0 Å². The number of benzene rings is 1. The van der Waals surface area contributed by atoms with Gasteiger partial charge in [-0.3, -0.25) is 4.79 Å². The molecule has 0 spiro atoms. The van der Waals surface area contributed by atoms with Crippen LogP contribution in [0.3, 0.4) is 0 Å². The summed E-state index contributed by atoms with van der Waals surface area (Å²) in [5.74, 6) is -0.0703. The predicted molar refractivity (Wildman–Crippen MR) is 84.6 cm³/mol. The molecular weight excluding hydrogens is 262 g/mol. The van der Waals surface area contributed by atoms with Gasteiger partial charge in [-0.2, -0.15) is 0 Å². The zero-order chi connectivity index (χ0) is 14.7. The lowest BCUT2D eigenvalue weighted by atomic mass is 10.1. The molecule has 4 heteroatoms. The van der Waals surface area contributed by atoms with Crippen LogP contribution in [0.1, 0.15) is 41.9 Å². The largest absolute Gasteiger partial charge is 0.372 e. The van der Waals surface area contributed by atoms with Gasteiger partial charge in [-0.15, -0.1) is 0 Å². The van der Waals surface area contributed by atoms with Crippen LogP contribution in [0.4, 0.5) is 5.69 Å². The summed E-state index contributed by atoms with van der Waals surface area (Å²) in [5, 5.41) is 3.03. The fourth-order valence-corrected chi connectivity index (χ4v) is 2.80. The lowest BCUT2D eigenvalue weighted by Gasteiger charge is -2.20. The summed E-state index contributed by atoms with van der Waals surface area (Å²) < 4.78 is 0. The number of rotatable bonds is 4. The van der Waals surface area contributed by atoms with Crippen molar-refractivity contribution in [1.82, 2.24) is 10.3 Å². The third-order valence-corrected chi connectivity index (χ3v) is 4.03. The van der Waals surface area contributed by atoms with Gasteiger partial charge in [0.25, 0.3) is 5.91 Å². The highest BCUT2D eigenvalue weighted by atomic mass is 16.1. The molecule has 0 saturated carbocycles. The number of aromatic amines is 1. The van der Waals surface area contributed by atoms with Crippen LogP contribution < -0.4 is 10.2 Å². The smallest absolute Gasteiger partial charge is 0.268 e. The van der Waals surface area contributed by atoms with Crippen molar-refractivity contribution in [2.45, 2.75) is 25.8 Å². The van der Waals surface area contributed by atoms with Crippen molar-refractivity contribution in [3.63, 3.8) is 0 Å². The van der Waals surface area contributed by atoms with E-state index in [1.54, 1.807) is 12.3 Å². The summed E-state index contributed by atoms with van der Waals surface area (Å²) in [5.41, 5.74) is 2.99. The number of nitrogens with zero attached hydrogens (tertiary/aromatic N) is 1. The molecule has 1 aliphatic rings. The Morgan fingerprint density at radius 1 is 1.24 bits per heavy atom. The van der Waals surface area contributed by atoms with Crippen LogP contribution in [0.15, 0.2) is 42.6 Å². The van der Waals surface area contributed by atoms with Crippen LogP contribution in [0, 0.1) is 0 Å². The molecule has 1 atom stereocenters. The molecular formula is C17H21N3O. The Balaban J connectivity index is 1.70. The van der Waals surface area contributed by atoms with Crippen LogP contribution in [0.2, 0.25) is 0 Å². The van der Waals surface area contributed by atoms with Crippen molar-refractivity contribution in [2.24, 2.45) is 0 Å². The summed E-state index contributed by atoms with van der Waals surface area (Å²) in [6, 6.07) is 12.1. The predicted octanol–water partition coefficient (Wildman–Crippen LogP) is 3.11. The SMILES string of the molecule is C[C@H](NC(=O)c1ccc[nH]1)c1cccc(N2CCCC2)c1. The van der Waals surface area contributed by atoms with Gasteiger partial charge in [-0.1, -0.05) is 12.1 Å². The summed E-state index contributed by atoms with van der Waals surface area (Å²) in [6.45, 7) is 4.28. The van der Waals surface area contributed by atoms with E-state index in [4.69, 9.17) is 0 Å². The van der Waals surface area contributed by atoms with Gasteiger partial charge in [0.2, 0.25) is 0 Å². The number of hydrogen-bond donors (Lipinski definition) is 2. The molecule has 2 N–H and O–H groups in total. The second-order valence-electron chi connectivity index (χ2n) is 5.57. The number of aromatic nitrogens is 1. The van der Waals surface area contributed by atoms with Gasteiger partial charge in [0.1, 0.15) is 5.69 Å². The lowest BCUT2D eigenvalue weighted by molar-refractivity contribution is 0.0935. The average Bonchev–Trinajstić information content (AvgIpc) is 3.20. The topological polar surface area (TPSA) is 48.1 Å². The van der Waals surface area contributed by atoms with E-state index in [2.05, 4.69) is 39.5 Å². The first-order chi connectivity index (χ1) is 10.2. The molecule has 0 radical (unpaired) electrons. The maximum Gasteiger partial charge on any atom is 0.268 e. The summed E-state index contributed by atoms with van der Waals surface area (Å²) in [7, 11) is 0. The van der Waals surface area contributed by atoms with Crippen LogP contribution in [-0.4, -0.2) is 24.0 Å². The van der Waals surface area contributed by atoms with Crippen LogP contribution >= 0.6 is 0 Å². The Labute approximate surface area is 125 Å². The van der Waals surface area contributed by atoms with Crippen LogP contribution in [0.5, 0.6) is 0 Å². The highest BCUT2D eigenvalue weighted by Crippen LogP contribution is 2.24. The number of hydrogen-bond acceptors (Lipinski definition) is 2. The molecule has 21 heavy (non-hydrogen) atoms. The zero-order valence-corrected chi connectivity index (χ0v) is 12.3. The number of carbonyl (C=O) groups is 1. The Morgan fingerprint density at radius 2 is 2.05 bits per heavy atom. The third-order valence-electron chi connectivity index (χ3n) is 4.03. The molecule has 1 fully saturated rings. The minimum Gasteiger partial charge on any atom is -0.372 e. The molecule has 0 bridgehead atoms. The van der Waals surface area contributed by atoms with E-state index in [1.807, 2.05) is 13.0 Å². The van der Waals surface area contributed by atoms with Crippen molar-refractivity contribution < 1.29 is 4.79 Å². The Kier molecular flexibility index (Phi) is 3.95. The Bertz CT molecular complexity index is 600. The van der Waals surface area contributed by atoms with E-state index in [9.17, 15) is 4.79 Å². The first-order valence-electron chi connectivity index (χ1n) is 7.53. The Hall–Kier alpha value is -2.23. The van der Waals surface area contributed by atoms with Crippen molar-refractivity contribution in [1.29, 1.82) is 0 Å². The standard InChI is InChI=1S/C17H21N3O/c1-13(19-17(21)16-8-5-9-18-16)14-6-4-7-15(12-14)20-10-2-3-11-20/h4-9,12-13,18H,2-3,10-11H2,1H3,(H,19,21)/t13-/m0/s1. The molecule has 110 valence electrons. The molecule has 0 unspecified atom stereocenters. The highest BCUT2D eigenvalue weighted by Gasteiger charge is 2.15. The molecule has 1 aromatic heterocycles.